The summed E-state index contributed by atoms with van der Waals surface area (Å²) < 4.78 is 0. The molecule has 2 N–H and O–H groups in total. The van der Waals surface area contributed by atoms with E-state index in [9.17, 15) is 9.59 Å². The van der Waals surface area contributed by atoms with Gasteiger partial charge in [0.15, 0.2) is 0 Å². The first-order valence-corrected chi connectivity index (χ1v) is 10.7. The molecule has 0 aliphatic carbocycles. The lowest BCUT2D eigenvalue weighted by Gasteiger charge is -2.23. The average molecular weight is 414 g/mol. The van der Waals surface area contributed by atoms with Gasteiger partial charge in [0, 0.05) is 24.3 Å². The van der Waals surface area contributed by atoms with Crippen molar-refractivity contribution in [3.05, 3.63) is 96.1 Å². The molecule has 5 heteroatoms. The number of carbonyl (C=O) groups excluding carboxylic acids is 2. The number of nitrogens with one attached hydrogen (secondary N) is 2. The molecular formula is C26H27N3O2. The summed E-state index contributed by atoms with van der Waals surface area (Å²) in [6.45, 7) is 2.62. The van der Waals surface area contributed by atoms with Gasteiger partial charge in [0.1, 0.15) is 6.04 Å². The van der Waals surface area contributed by atoms with Crippen LogP contribution in [0.25, 0.3) is 0 Å². The number of hydrogen-bond donors (Lipinski definition) is 2. The first-order valence-electron chi connectivity index (χ1n) is 10.7. The largest absolute Gasteiger partial charge is 0.374 e. The standard InChI is InChI=1S/C26H27N3O2/c1-19(27-22-14-16-23(17-15-22)29-18-8-13-24(29)30)26(31)28-25(20-9-4-2-5-10-20)21-11-6-3-7-12-21/h2-7,9-12,14-17,19,25,27H,8,13,18H2,1H3,(H,28,31)/t19-/m1/s1. The van der Waals surface area contributed by atoms with Gasteiger partial charge < -0.3 is 15.5 Å². The number of amides is 2. The number of anilines is 2. The summed E-state index contributed by atoms with van der Waals surface area (Å²) in [5, 5.41) is 6.44. The Bertz CT molecular complexity index is 980. The molecule has 2 amide bonds. The van der Waals surface area contributed by atoms with Gasteiger partial charge in [-0.2, -0.15) is 0 Å². The highest BCUT2D eigenvalue weighted by Gasteiger charge is 2.22. The van der Waals surface area contributed by atoms with E-state index < -0.39 is 6.04 Å². The second-order valence-electron chi connectivity index (χ2n) is 7.82. The van der Waals surface area contributed by atoms with Gasteiger partial charge in [-0.1, -0.05) is 60.7 Å². The molecule has 1 aliphatic heterocycles. The van der Waals surface area contributed by atoms with Crippen molar-refractivity contribution < 1.29 is 9.59 Å². The molecule has 0 saturated carbocycles. The molecule has 0 aromatic heterocycles. The second-order valence-corrected chi connectivity index (χ2v) is 7.82. The molecule has 31 heavy (non-hydrogen) atoms. The van der Waals surface area contributed by atoms with Crippen molar-refractivity contribution in [3.8, 4) is 0 Å². The van der Waals surface area contributed by atoms with Crippen molar-refractivity contribution in [3.63, 3.8) is 0 Å². The molecule has 0 spiro atoms. The normalized spacial score (nSPS) is 14.5. The van der Waals surface area contributed by atoms with Crippen LogP contribution >= 0.6 is 0 Å². The van der Waals surface area contributed by atoms with Crippen LogP contribution in [-0.2, 0) is 9.59 Å². The molecule has 0 radical (unpaired) electrons. The SMILES string of the molecule is C[C@@H](Nc1ccc(N2CCCC2=O)cc1)C(=O)NC(c1ccccc1)c1ccccc1. The zero-order valence-electron chi connectivity index (χ0n) is 17.6. The van der Waals surface area contributed by atoms with E-state index in [1.807, 2.05) is 96.8 Å². The molecule has 1 atom stereocenters. The molecule has 1 aliphatic rings. The van der Waals surface area contributed by atoms with E-state index in [0.717, 1.165) is 35.5 Å². The van der Waals surface area contributed by atoms with Gasteiger partial charge >= 0.3 is 0 Å². The van der Waals surface area contributed by atoms with Gasteiger partial charge in [0.05, 0.1) is 6.04 Å². The predicted molar refractivity (Wildman–Crippen MR) is 124 cm³/mol. The third-order valence-corrected chi connectivity index (χ3v) is 5.58. The molecule has 4 rings (SSSR count). The van der Waals surface area contributed by atoms with Gasteiger partial charge in [-0.3, -0.25) is 9.59 Å². The third-order valence-electron chi connectivity index (χ3n) is 5.58. The van der Waals surface area contributed by atoms with Crippen molar-refractivity contribution in [2.24, 2.45) is 0 Å². The van der Waals surface area contributed by atoms with Crippen LogP contribution in [0.15, 0.2) is 84.9 Å². The van der Waals surface area contributed by atoms with Crippen LogP contribution in [-0.4, -0.2) is 24.4 Å². The van der Waals surface area contributed by atoms with Gasteiger partial charge in [-0.15, -0.1) is 0 Å². The number of benzene rings is 3. The summed E-state index contributed by atoms with van der Waals surface area (Å²) in [5.41, 5.74) is 3.81. The van der Waals surface area contributed by atoms with Crippen LogP contribution in [0.4, 0.5) is 11.4 Å². The summed E-state index contributed by atoms with van der Waals surface area (Å²) in [6.07, 6.45) is 1.52. The van der Waals surface area contributed by atoms with Crippen LogP contribution in [0.3, 0.4) is 0 Å². The Hall–Kier alpha value is -3.60. The fraction of sp³-hybridized carbons (Fsp3) is 0.231. The predicted octanol–water partition coefficient (Wildman–Crippen LogP) is 4.52. The van der Waals surface area contributed by atoms with Crippen molar-refractivity contribution in [2.45, 2.75) is 31.8 Å². The van der Waals surface area contributed by atoms with Crippen LogP contribution < -0.4 is 15.5 Å². The molecule has 0 bridgehead atoms. The number of rotatable bonds is 7. The summed E-state index contributed by atoms with van der Waals surface area (Å²) >= 11 is 0. The van der Waals surface area contributed by atoms with E-state index in [4.69, 9.17) is 0 Å². The maximum atomic E-state index is 13.0. The Morgan fingerprint density at radius 3 is 1.97 bits per heavy atom. The smallest absolute Gasteiger partial charge is 0.242 e. The van der Waals surface area contributed by atoms with Gasteiger partial charge in [0.25, 0.3) is 0 Å². The van der Waals surface area contributed by atoms with Crippen LogP contribution in [0.5, 0.6) is 0 Å². The van der Waals surface area contributed by atoms with Crippen LogP contribution in [0.1, 0.15) is 36.9 Å². The number of carbonyl (C=O) groups is 2. The van der Waals surface area contributed by atoms with E-state index in [1.165, 1.54) is 0 Å². The molecule has 0 unspecified atom stereocenters. The molecular weight excluding hydrogens is 386 g/mol. The maximum Gasteiger partial charge on any atom is 0.242 e. The molecule has 158 valence electrons. The minimum atomic E-state index is -0.422. The van der Waals surface area contributed by atoms with E-state index >= 15 is 0 Å². The summed E-state index contributed by atoms with van der Waals surface area (Å²) in [6, 6.07) is 27.0. The van der Waals surface area contributed by atoms with Crippen LogP contribution in [0.2, 0.25) is 0 Å². The number of nitrogens with zero attached hydrogens (tertiary/aromatic N) is 1. The molecule has 1 fully saturated rings. The Morgan fingerprint density at radius 2 is 1.45 bits per heavy atom. The fourth-order valence-corrected chi connectivity index (χ4v) is 3.89. The fourth-order valence-electron chi connectivity index (χ4n) is 3.89. The average Bonchev–Trinajstić information content (AvgIpc) is 3.24. The quantitative estimate of drug-likeness (QED) is 0.599. The second kappa shape index (κ2) is 9.47. The van der Waals surface area contributed by atoms with Crippen molar-refractivity contribution >= 4 is 23.2 Å². The van der Waals surface area contributed by atoms with Crippen molar-refractivity contribution in [1.29, 1.82) is 0 Å². The Balaban J connectivity index is 1.44. The third kappa shape index (κ3) is 4.94. The van der Waals surface area contributed by atoms with Gasteiger partial charge in [0.2, 0.25) is 11.8 Å². The summed E-state index contributed by atoms with van der Waals surface area (Å²) in [5.74, 6) is 0.0813. The highest BCUT2D eigenvalue weighted by molar-refractivity contribution is 5.95. The highest BCUT2D eigenvalue weighted by Crippen LogP contribution is 2.24. The first-order chi connectivity index (χ1) is 15.1. The highest BCUT2D eigenvalue weighted by atomic mass is 16.2. The monoisotopic (exact) mass is 413 g/mol. The summed E-state index contributed by atoms with van der Waals surface area (Å²) in [4.78, 5) is 26.7. The minimum absolute atomic E-state index is 0.0866. The Kier molecular flexibility index (Phi) is 6.32. The zero-order chi connectivity index (χ0) is 21.6. The molecule has 1 saturated heterocycles. The Labute approximate surface area is 183 Å². The lowest BCUT2D eigenvalue weighted by molar-refractivity contribution is -0.122. The topological polar surface area (TPSA) is 61.4 Å². The first kappa shape index (κ1) is 20.7. The summed E-state index contributed by atoms with van der Waals surface area (Å²) in [7, 11) is 0. The van der Waals surface area contributed by atoms with Gasteiger partial charge in [-0.05, 0) is 48.7 Å². The molecule has 5 nitrogen and oxygen atoms in total. The van der Waals surface area contributed by atoms with E-state index in [-0.39, 0.29) is 17.9 Å². The van der Waals surface area contributed by atoms with Gasteiger partial charge in [-0.25, -0.2) is 0 Å². The minimum Gasteiger partial charge on any atom is -0.374 e. The number of hydrogen-bond acceptors (Lipinski definition) is 3. The lowest BCUT2D eigenvalue weighted by Crippen LogP contribution is -2.40. The Morgan fingerprint density at radius 1 is 0.871 bits per heavy atom. The van der Waals surface area contributed by atoms with Crippen molar-refractivity contribution in [2.75, 3.05) is 16.8 Å². The lowest BCUT2D eigenvalue weighted by atomic mass is 9.98. The van der Waals surface area contributed by atoms with E-state index in [1.54, 1.807) is 0 Å². The molecule has 1 heterocycles. The van der Waals surface area contributed by atoms with E-state index in [2.05, 4.69) is 10.6 Å². The molecule has 3 aromatic rings. The molecule has 3 aromatic carbocycles. The van der Waals surface area contributed by atoms with Crippen molar-refractivity contribution in [1.82, 2.24) is 5.32 Å². The zero-order valence-corrected chi connectivity index (χ0v) is 17.6. The van der Waals surface area contributed by atoms with E-state index in [0.29, 0.717) is 6.42 Å². The maximum absolute atomic E-state index is 13.0. The van der Waals surface area contributed by atoms with Crippen LogP contribution in [0, 0.1) is 0 Å².